The first kappa shape index (κ1) is 21.2. The number of pyridine rings is 1. The molecule has 1 N–H and O–H groups in total. The largest absolute Gasteiger partial charge is 0.376 e. The first-order chi connectivity index (χ1) is 16.7. The van der Waals surface area contributed by atoms with Gasteiger partial charge in [0.2, 0.25) is 0 Å². The van der Waals surface area contributed by atoms with Crippen molar-refractivity contribution in [1.29, 1.82) is 0 Å². The lowest BCUT2D eigenvalue weighted by atomic mass is 9.95. The molecular weight excluding hydrogens is 428 g/mol. The Kier molecular flexibility index (Phi) is 5.47. The van der Waals surface area contributed by atoms with Crippen LogP contribution in [-0.4, -0.2) is 49.3 Å². The van der Waals surface area contributed by atoms with Gasteiger partial charge in [0.05, 0.1) is 18.2 Å². The number of aryl methyl sites for hydroxylation is 1. The smallest absolute Gasteiger partial charge is 0.253 e. The van der Waals surface area contributed by atoms with Crippen LogP contribution in [0.1, 0.15) is 47.0 Å². The van der Waals surface area contributed by atoms with Gasteiger partial charge in [-0.1, -0.05) is 42.5 Å². The lowest BCUT2D eigenvalue weighted by Crippen LogP contribution is -2.39. The second-order valence-electron chi connectivity index (χ2n) is 9.34. The number of ether oxygens (including phenoxy) is 1. The van der Waals surface area contributed by atoms with E-state index in [9.17, 15) is 4.79 Å². The number of hydrogen-bond acceptors (Lipinski definition) is 6. The standard InChI is InChI=1S/C26H28N6O2/c1-17-6-4-9-19-14-22(26(33)27-23(17)19)24(31-12-11-18-7-2-3-8-20(18)15-31)25-28-29-30-32(25)16-21-10-5-13-34-21/h2-4,6-9,14,21,24H,5,10-13,15-16H2,1H3,(H,27,33)/t21-,24+/m1/s1. The molecule has 2 atom stereocenters. The number of nitrogens with one attached hydrogen (secondary N) is 1. The lowest BCUT2D eigenvalue weighted by Gasteiger charge is -2.35. The molecule has 0 radical (unpaired) electrons. The molecule has 0 unspecified atom stereocenters. The maximum atomic E-state index is 13.5. The van der Waals surface area contributed by atoms with Crippen LogP contribution in [0.2, 0.25) is 0 Å². The van der Waals surface area contributed by atoms with Crippen molar-refractivity contribution in [3.63, 3.8) is 0 Å². The highest BCUT2D eigenvalue weighted by atomic mass is 16.5. The Morgan fingerprint density at radius 1 is 1.18 bits per heavy atom. The van der Waals surface area contributed by atoms with E-state index in [0.717, 1.165) is 55.4 Å². The molecular formula is C26H28N6O2. The Labute approximate surface area is 197 Å². The summed E-state index contributed by atoms with van der Waals surface area (Å²) < 4.78 is 7.69. The van der Waals surface area contributed by atoms with E-state index in [2.05, 4.69) is 49.7 Å². The van der Waals surface area contributed by atoms with Gasteiger partial charge in [-0.2, -0.15) is 0 Å². The summed E-state index contributed by atoms with van der Waals surface area (Å²) >= 11 is 0. The number of nitrogens with zero attached hydrogens (tertiary/aromatic N) is 5. The fourth-order valence-electron chi connectivity index (χ4n) is 5.36. The zero-order valence-corrected chi connectivity index (χ0v) is 19.3. The van der Waals surface area contributed by atoms with E-state index in [1.165, 1.54) is 11.1 Å². The quantitative estimate of drug-likeness (QED) is 0.496. The van der Waals surface area contributed by atoms with E-state index in [0.29, 0.717) is 17.9 Å². The van der Waals surface area contributed by atoms with E-state index in [-0.39, 0.29) is 17.7 Å². The molecule has 0 bridgehead atoms. The van der Waals surface area contributed by atoms with Crippen LogP contribution in [0, 0.1) is 6.92 Å². The van der Waals surface area contributed by atoms with Gasteiger partial charge in [-0.25, -0.2) is 4.68 Å². The third-order valence-electron chi connectivity index (χ3n) is 7.14. The number of tetrazole rings is 1. The second kappa shape index (κ2) is 8.77. The molecule has 6 rings (SSSR count). The van der Waals surface area contributed by atoms with Gasteiger partial charge in [0.15, 0.2) is 5.82 Å². The molecule has 4 heterocycles. The molecule has 34 heavy (non-hydrogen) atoms. The minimum atomic E-state index is -0.363. The first-order valence-electron chi connectivity index (χ1n) is 12.0. The van der Waals surface area contributed by atoms with Crippen molar-refractivity contribution in [3.05, 3.63) is 87.0 Å². The third kappa shape index (κ3) is 3.82. The maximum absolute atomic E-state index is 13.5. The number of benzene rings is 2. The Bertz CT molecular complexity index is 1390. The van der Waals surface area contributed by atoms with E-state index in [1.807, 2.05) is 35.9 Å². The van der Waals surface area contributed by atoms with Crippen LogP contribution in [0.15, 0.2) is 53.3 Å². The van der Waals surface area contributed by atoms with Gasteiger partial charge in [-0.15, -0.1) is 5.10 Å². The van der Waals surface area contributed by atoms with Crippen LogP contribution >= 0.6 is 0 Å². The van der Waals surface area contributed by atoms with Gasteiger partial charge in [0.25, 0.3) is 5.56 Å². The zero-order valence-electron chi connectivity index (χ0n) is 19.3. The summed E-state index contributed by atoms with van der Waals surface area (Å²) in [5.41, 5.74) is 5.13. The average Bonchev–Trinajstić information content (AvgIpc) is 3.53. The molecule has 1 fully saturated rings. The van der Waals surface area contributed by atoms with Crippen molar-refractivity contribution >= 4 is 10.9 Å². The van der Waals surface area contributed by atoms with Gasteiger partial charge >= 0.3 is 0 Å². The molecule has 2 aromatic heterocycles. The highest BCUT2D eigenvalue weighted by Crippen LogP contribution is 2.32. The van der Waals surface area contributed by atoms with Crippen LogP contribution < -0.4 is 5.56 Å². The number of para-hydroxylation sites is 1. The summed E-state index contributed by atoms with van der Waals surface area (Å²) in [4.78, 5) is 18.9. The molecule has 174 valence electrons. The van der Waals surface area contributed by atoms with E-state index in [4.69, 9.17) is 4.74 Å². The van der Waals surface area contributed by atoms with E-state index < -0.39 is 0 Å². The van der Waals surface area contributed by atoms with Crippen molar-refractivity contribution < 1.29 is 4.74 Å². The summed E-state index contributed by atoms with van der Waals surface area (Å²) in [6.07, 6.45) is 3.07. The molecule has 0 amide bonds. The minimum absolute atomic E-state index is 0.0996. The summed E-state index contributed by atoms with van der Waals surface area (Å²) in [6, 6.07) is 16.2. The SMILES string of the molecule is Cc1cccc2cc([C@@H](c3nnnn3C[C@H]3CCCO3)N3CCc4ccccc4C3)c(=O)[nH]c12. The van der Waals surface area contributed by atoms with Crippen molar-refractivity contribution in [2.24, 2.45) is 0 Å². The van der Waals surface area contributed by atoms with Gasteiger partial charge < -0.3 is 9.72 Å². The fraction of sp³-hybridized carbons (Fsp3) is 0.385. The van der Waals surface area contributed by atoms with E-state index >= 15 is 0 Å². The molecule has 8 nitrogen and oxygen atoms in total. The highest BCUT2D eigenvalue weighted by Gasteiger charge is 2.33. The van der Waals surface area contributed by atoms with Crippen molar-refractivity contribution in [2.75, 3.05) is 13.2 Å². The lowest BCUT2D eigenvalue weighted by molar-refractivity contribution is 0.0904. The van der Waals surface area contributed by atoms with Gasteiger partial charge in [0, 0.05) is 25.3 Å². The molecule has 0 saturated carbocycles. The predicted octanol–water partition coefficient (Wildman–Crippen LogP) is 3.15. The third-order valence-corrected chi connectivity index (χ3v) is 7.14. The normalized spacial score (nSPS) is 19.4. The van der Waals surface area contributed by atoms with Gasteiger partial charge in [0.1, 0.15) is 6.04 Å². The van der Waals surface area contributed by atoms with Crippen LogP contribution in [0.5, 0.6) is 0 Å². The van der Waals surface area contributed by atoms with Crippen molar-refractivity contribution in [2.45, 2.75) is 51.4 Å². The number of aromatic nitrogens is 5. The minimum Gasteiger partial charge on any atom is -0.376 e. The van der Waals surface area contributed by atoms with Gasteiger partial charge in [-0.3, -0.25) is 9.69 Å². The van der Waals surface area contributed by atoms with E-state index in [1.54, 1.807) is 0 Å². The monoisotopic (exact) mass is 456 g/mol. The summed E-state index contributed by atoms with van der Waals surface area (Å²) in [5.74, 6) is 0.687. The molecule has 0 aliphatic carbocycles. The van der Waals surface area contributed by atoms with Crippen molar-refractivity contribution in [3.8, 4) is 0 Å². The molecule has 1 saturated heterocycles. The molecule has 4 aromatic rings. The topological polar surface area (TPSA) is 88.9 Å². The molecule has 0 spiro atoms. The number of fused-ring (bicyclic) bond motifs is 2. The zero-order chi connectivity index (χ0) is 23.1. The number of aromatic amines is 1. The van der Waals surface area contributed by atoms with Gasteiger partial charge in [-0.05, 0) is 64.8 Å². The number of hydrogen-bond donors (Lipinski definition) is 1. The number of rotatable bonds is 5. The molecule has 2 aliphatic rings. The molecule has 2 aliphatic heterocycles. The summed E-state index contributed by atoms with van der Waals surface area (Å²) in [7, 11) is 0. The Hall–Kier alpha value is -3.36. The van der Waals surface area contributed by atoms with Crippen LogP contribution in [0.4, 0.5) is 0 Å². The maximum Gasteiger partial charge on any atom is 0.253 e. The fourth-order valence-corrected chi connectivity index (χ4v) is 5.36. The Balaban J connectivity index is 1.47. The Morgan fingerprint density at radius 2 is 2.06 bits per heavy atom. The Morgan fingerprint density at radius 3 is 2.91 bits per heavy atom. The number of H-pyrrole nitrogens is 1. The summed E-state index contributed by atoms with van der Waals surface area (Å²) in [5, 5.41) is 13.8. The highest BCUT2D eigenvalue weighted by molar-refractivity contribution is 5.82. The second-order valence-corrected chi connectivity index (χ2v) is 9.34. The first-order valence-corrected chi connectivity index (χ1v) is 12.0. The van der Waals surface area contributed by atoms with Crippen molar-refractivity contribution in [1.82, 2.24) is 30.1 Å². The van der Waals surface area contributed by atoms with Crippen LogP contribution in [0.25, 0.3) is 10.9 Å². The average molecular weight is 457 g/mol. The molecule has 8 heteroatoms. The predicted molar refractivity (Wildman–Crippen MR) is 128 cm³/mol. The molecule has 2 aromatic carbocycles. The summed E-state index contributed by atoms with van der Waals surface area (Å²) in [6.45, 7) is 4.93. The van der Waals surface area contributed by atoms with Crippen LogP contribution in [0.3, 0.4) is 0 Å². The van der Waals surface area contributed by atoms with Crippen LogP contribution in [-0.2, 0) is 24.2 Å².